The molecule has 2 heterocycles. The van der Waals surface area contributed by atoms with Crippen LogP contribution in [-0.2, 0) is 17.6 Å². The van der Waals surface area contributed by atoms with E-state index < -0.39 is 23.6 Å². The number of hydrogen-bond acceptors (Lipinski definition) is 7. The molecule has 9 nitrogen and oxygen atoms in total. The summed E-state index contributed by atoms with van der Waals surface area (Å²) in [7, 11) is 0. The van der Waals surface area contributed by atoms with Crippen LogP contribution in [0.2, 0.25) is 0 Å². The molecule has 9 heteroatoms. The van der Waals surface area contributed by atoms with E-state index in [1.165, 1.54) is 31.7 Å². The summed E-state index contributed by atoms with van der Waals surface area (Å²) in [4.78, 5) is 19.8. The lowest BCUT2D eigenvalue weighted by molar-refractivity contribution is -0.268. The Balaban J connectivity index is 1.31. The Bertz CT molecular complexity index is 1440. The van der Waals surface area contributed by atoms with Crippen molar-refractivity contribution in [1.82, 2.24) is 9.97 Å². The summed E-state index contributed by atoms with van der Waals surface area (Å²) in [6.45, 7) is 2.20. The number of rotatable bonds is 23. The summed E-state index contributed by atoms with van der Waals surface area (Å²) >= 11 is 0. The van der Waals surface area contributed by atoms with E-state index in [9.17, 15) is 30.3 Å². The molecule has 2 aromatic heterocycles. The van der Waals surface area contributed by atoms with Crippen LogP contribution in [0.4, 0.5) is 5.82 Å². The van der Waals surface area contributed by atoms with Crippen molar-refractivity contribution >= 4 is 11.8 Å². The summed E-state index contributed by atoms with van der Waals surface area (Å²) < 4.78 is 0. The summed E-state index contributed by atoms with van der Waals surface area (Å²) in [6, 6.07) is 14.5. The number of hydrogen-bond donors (Lipinski definition) is 6. The predicted octanol–water partition coefficient (Wildman–Crippen LogP) is 7.18. The van der Waals surface area contributed by atoms with Gasteiger partial charge in [0.25, 0.3) is 0 Å². The van der Waals surface area contributed by atoms with Crippen molar-refractivity contribution in [2.24, 2.45) is 17.8 Å². The van der Waals surface area contributed by atoms with Gasteiger partial charge in [-0.15, -0.1) is 5.75 Å². The third-order valence-corrected chi connectivity index (χ3v) is 10.8. The summed E-state index contributed by atoms with van der Waals surface area (Å²) in [5.74, 6) is -1.40. The average Bonchev–Trinajstić information content (AvgIpc) is 3.67. The Morgan fingerprint density at radius 2 is 1.68 bits per heavy atom. The molecule has 0 bridgehead atoms. The van der Waals surface area contributed by atoms with Gasteiger partial charge in [0.1, 0.15) is 5.82 Å². The van der Waals surface area contributed by atoms with Crippen molar-refractivity contribution in [3.63, 3.8) is 0 Å². The number of nitrogens with zero attached hydrogens (tertiary/aromatic N) is 1. The molecule has 1 saturated carbocycles. The van der Waals surface area contributed by atoms with Crippen molar-refractivity contribution < 1.29 is 30.3 Å². The van der Waals surface area contributed by atoms with Crippen LogP contribution in [0.1, 0.15) is 121 Å². The second kappa shape index (κ2) is 19.8. The van der Waals surface area contributed by atoms with Gasteiger partial charge >= 0.3 is 5.97 Å². The maximum absolute atomic E-state index is 12.2. The second-order valence-electron chi connectivity index (χ2n) is 14.9. The fraction of sp³-hybridized carbons (Fsp3) is 0.610. The molecule has 1 aromatic carbocycles. The Kier molecular flexibility index (Phi) is 15.6. The molecule has 6 unspecified atom stereocenters. The molecule has 0 saturated heterocycles. The molecular weight excluding hydrogens is 630 g/mol. The van der Waals surface area contributed by atoms with E-state index in [0.717, 1.165) is 73.9 Å². The molecule has 0 spiro atoms. The van der Waals surface area contributed by atoms with Gasteiger partial charge < -0.3 is 36.3 Å². The zero-order valence-corrected chi connectivity index (χ0v) is 29.9. The Hall–Kier alpha value is -3.40. The van der Waals surface area contributed by atoms with Crippen molar-refractivity contribution in [3.8, 4) is 17.0 Å². The van der Waals surface area contributed by atoms with Gasteiger partial charge in [-0.1, -0.05) is 89.0 Å². The van der Waals surface area contributed by atoms with Crippen molar-refractivity contribution in [1.29, 1.82) is 0 Å². The normalized spacial score (nSPS) is 20.9. The van der Waals surface area contributed by atoms with Gasteiger partial charge in [-0.25, -0.2) is 4.98 Å². The third kappa shape index (κ3) is 12.4. The zero-order valence-electron chi connectivity index (χ0n) is 29.9. The quantitative estimate of drug-likeness (QED) is 0.0567. The number of aromatic amines is 1. The SMILES string of the molecule is CCCCCCCC(O)CCCCCCC(C(=O)O)C(O)CCC1(O)CC(Cc2ccnc(N)c2)CC1Cc1ccc(-c2cccc([O-])c2)[nH]1. The first-order valence-electron chi connectivity index (χ1n) is 19.0. The van der Waals surface area contributed by atoms with Crippen molar-refractivity contribution in [2.75, 3.05) is 5.73 Å². The highest BCUT2D eigenvalue weighted by atomic mass is 16.4. The largest absolute Gasteiger partial charge is 0.872 e. The van der Waals surface area contributed by atoms with Crippen molar-refractivity contribution in [3.05, 3.63) is 66.0 Å². The Labute approximate surface area is 298 Å². The van der Waals surface area contributed by atoms with Gasteiger partial charge in [0.15, 0.2) is 0 Å². The van der Waals surface area contributed by atoms with Gasteiger partial charge in [0, 0.05) is 17.6 Å². The van der Waals surface area contributed by atoms with Crippen LogP contribution in [0.25, 0.3) is 11.3 Å². The summed E-state index contributed by atoms with van der Waals surface area (Å²) in [6.07, 6.45) is 15.0. The topological polar surface area (TPSA) is 176 Å². The standard InChI is InChI=1S/C41H61N3O6/c1-2-3-4-5-8-13-34(45)14-9-6-7-10-16-36(40(48)49)38(47)19-21-41(50)28-30(23-29-20-22-43-39(42)25-29)24-32(41)27-33-17-18-37(44-33)31-12-11-15-35(46)26-31/h11-12,15,17-18,20,22,25-26,30,32,34,36,38,44-47,50H,2-10,13-14,16,19,21,23-24,27-28H2,1H3,(H2,42,43)(H,48,49)/p-1. The number of aromatic nitrogens is 2. The number of benzene rings is 1. The second-order valence-corrected chi connectivity index (χ2v) is 14.9. The Morgan fingerprint density at radius 3 is 2.36 bits per heavy atom. The molecule has 3 aromatic rings. The average molecular weight is 691 g/mol. The molecule has 0 aliphatic heterocycles. The molecule has 1 fully saturated rings. The van der Waals surface area contributed by atoms with Crippen molar-refractivity contribution in [2.45, 2.75) is 140 Å². The van der Waals surface area contributed by atoms with Gasteiger partial charge in [-0.3, -0.25) is 4.79 Å². The lowest BCUT2D eigenvalue weighted by Crippen LogP contribution is -2.37. The van der Waals surface area contributed by atoms with Crippen LogP contribution in [0.3, 0.4) is 0 Å². The number of pyridine rings is 1. The van der Waals surface area contributed by atoms with E-state index in [-0.39, 0.29) is 30.1 Å². The molecule has 50 heavy (non-hydrogen) atoms. The number of aliphatic carboxylic acids is 1. The maximum Gasteiger partial charge on any atom is 0.309 e. The van der Waals surface area contributed by atoms with E-state index in [1.807, 2.05) is 30.3 Å². The minimum atomic E-state index is -1.08. The van der Waals surface area contributed by atoms with Gasteiger partial charge in [-0.2, -0.15) is 0 Å². The first-order valence-corrected chi connectivity index (χ1v) is 19.0. The highest BCUT2D eigenvalue weighted by Crippen LogP contribution is 2.46. The number of H-pyrrole nitrogens is 1. The molecule has 276 valence electrons. The highest BCUT2D eigenvalue weighted by molar-refractivity contribution is 5.70. The number of anilines is 1. The van der Waals surface area contributed by atoms with E-state index in [1.54, 1.807) is 18.3 Å². The van der Waals surface area contributed by atoms with Crippen LogP contribution < -0.4 is 10.8 Å². The van der Waals surface area contributed by atoms with E-state index in [4.69, 9.17) is 5.73 Å². The van der Waals surface area contributed by atoms with Crippen LogP contribution in [-0.4, -0.2) is 54.2 Å². The monoisotopic (exact) mass is 690 g/mol. The molecule has 0 radical (unpaired) electrons. The lowest BCUT2D eigenvalue weighted by atomic mass is 9.81. The number of unbranched alkanes of at least 4 members (excludes halogenated alkanes) is 7. The number of carboxylic acids is 1. The van der Waals surface area contributed by atoms with Gasteiger partial charge in [-0.05, 0) is 105 Å². The maximum atomic E-state index is 12.2. The fourth-order valence-electron chi connectivity index (χ4n) is 8.02. The minimum absolute atomic E-state index is 0.0553. The molecule has 7 N–H and O–H groups in total. The first kappa shape index (κ1) is 39.4. The molecule has 0 amide bonds. The number of nitrogen functional groups attached to an aromatic ring is 1. The summed E-state index contributed by atoms with van der Waals surface area (Å²) in [5, 5.41) is 55.5. The molecule has 1 aliphatic carbocycles. The minimum Gasteiger partial charge on any atom is -0.872 e. The lowest BCUT2D eigenvalue weighted by Gasteiger charge is -2.32. The van der Waals surface area contributed by atoms with Crippen LogP contribution in [0.5, 0.6) is 5.75 Å². The van der Waals surface area contributed by atoms with Crippen LogP contribution in [0, 0.1) is 17.8 Å². The molecule has 4 rings (SSSR count). The number of aliphatic hydroxyl groups is 3. The Morgan fingerprint density at radius 1 is 0.960 bits per heavy atom. The van der Waals surface area contributed by atoms with E-state index in [2.05, 4.69) is 16.9 Å². The van der Waals surface area contributed by atoms with Gasteiger partial charge in [0.2, 0.25) is 0 Å². The number of nitrogens with two attached hydrogens (primary N) is 1. The molecular formula is C41H60N3O6-. The number of carbonyl (C=O) groups is 1. The molecule has 1 aliphatic rings. The number of carboxylic acid groups (broad SMARTS) is 1. The third-order valence-electron chi connectivity index (χ3n) is 10.8. The number of aliphatic hydroxyl groups excluding tert-OH is 2. The number of nitrogens with one attached hydrogen (secondary N) is 1. The fourth-order valence-corrected chi connectivity index (χ4v) is 8.02. The highest BCUT2D eigenvalue weighted by Gasteiger charge is 2.46. The molecule has 6 atom stereocenters. The van der Waals surface area contributed by atoms with E-state index in [0.29, 0.717) is 37.9 Å². The predicted molar refractivity (Wildman–Crippen MR) is 196 cm³/mol. The van der Waals surface area contributed by atoms with Crippen LogP contribution >= 0.6 is 0 Å². The van der Waals surface area contributed by atoms with E-state index >= 15 is 0 Å². The summed E-state index contributed by atoms with van der Waals surface area (Å²) in [5.41, 5.74) is 8.53. The zero-order chi connectivity index (χ0) is 35.9. The van der Waals surface area contributed by atoms with Gasteiger partial charge in [0.05, 0.1) is 23.7 Å². The smallest absolute Gasteiger partial charge is 0.309 e. The first-order chi connectivity index (χ1) is 24.1. The van der Waals surface area contributed by atoms with Crippen LogP contribution in [0.15, 0.2) is 54.7 Å².